The van der Waals surface area contributed by atoms with Crippen LogP contribution in [0.2, 0.25) is 0 Å². The Morgan fingerprint density at radius 2 is 1.77 bits per heavy atom. The van der Waals surface area contributed by atoms with Crippen molar-refractivity contribution in [3.05, 3.63) is 40.5 Å². The number of ether oxygens (including phenoxy) is 1. The summed E-state index contributed by atoms with van der Waals surface area (Å²) in [6.07, 6.45) is 7.42. The van der Waals surface area contributed by atoms with E-state index in [0.29, 0.717) is 5.57 Å². The van der Waals surface area contributed by atoms with Crippen LogP contribution in [-0.4, -0.2) is 29.4 Å². The highest BCUT2D eigenvalue weighted by atomic mass is 32.3. The van der Waals surface area contributed by atoms with E-state index >= 15 is 0 Å². The van der Waals surface area contributed by atoms with Crippen molar-refractivity contribution >= 4 is 16.1 Å². The molecule has 1 heterocycles. The van der Waals surface area contributed by atoms with Gasteiger partial charge in [-0.25, -0.2) is 4.79 Å². The van der Waals surface area contributed by atoms with Crippen molar-refractivity contribution < 1.29 is 14.1 Å². The lowest BCUT2D eigenvalue weighted by Crippen LogP contribution is -2.35. The van der Waals surface area contributed by atoms with Crippen LogP contribution in [0.15, 0.2) is 33.0 Å². The average Bonchev–Trinajstić information content (AvgIpc) is 2.60. The fourth-order valence-electron chi connectivity index (χ4n) is 4.52. The van der Waals surface area contributed by atoms with E-state index in [1.165, 1.54) is 13.5 Å². The summed E-state index contributed by atoms with van der Waals surface area (Å²) >= 11 is 0. The van der Waals surface area contributed by atoms with E-state index in [9.17, 15) is 9.35 Å². The second-order valence-corrected chi connectivity index (χ2v) is 9.87. The van der Waals surface area contributed by atoms with Gasteiger partial charge in [0, 0.05) is 11.1 Å². The van der Waals surface area contributed by atoms with E-state index in [2.05, 4.69) is 19.1 Å². The molecule has 0 N–H and O–H groups in total. The minimum absolute atomic E-state index is 0.279. The van der Waals surface area contributed by atoms with Crippen molar-refractivity contribution in [2.45, 2.75) is 63.8 Å². The van der Waals surface area contributed by atoms with E-state index < -0.39 is 10.1 Å². The highest BCUT2D eigenvalue weighted by Crippen LogP contribution is 2.38. The van der Waals surface area contributed by atoms with Gasteiger partial charge in [-0.3, -0.25) is 0 Å². The Hall–Kier alpha value is -1.46. The number of carbonyl (C=O) groups is 1. The molecule has 1 unspecified atom stereocenters. The third-order valence-corrected chi connectivity index (χ3v) is 8.04. The van der Waals surface area contributed by atoms with Gasteiger partial charge in [0.05, 0.1) is 12.7 Å². The lowest BCUT2D eigenvalue weighted by atomic mass is 9.81. The maximum atomic E-state index is 13.9. The summed E-state index contributed by atoms with van der Waals surface area (Å²) in [5, 5.41) is 0. The number of benzene rings is 1. The number of esters is 1. The number of rotatable bonds is 3. The quantitative estimate of drug-likeness (QED) is 0.577. The number of hydrogen-bond donors (Lipinski definition) is 0. The normalized spacial score (nSPS) is 26.8. The zero-order valence-electron chi connectivity index (χ0n) is 16.2. The van der Waals surface area contributed by atoms with Gasteiger partial charge in [0.2, 0.25) is 0 Å². The van der Waals surface area contributed by atoms with Crippen molar-refractivity contribution in [1.29, 1.82) is 0 Å². The SMILES string of the molecule is COC(=O)C1=CC[S+]([O-])(c2c(C)cc(C)cc2C)=N[C@H]1C1CCCCC1. The summed E-state index contributed by atoms with van der Waals surface area (Å²) in [6.45, 7) is 6.06. The number of carbonyl (C=O) groups excluding carboxylic acids is 1. The summed E-state index contributed by atoms with van der Waals surface area (Å²) in [7, 11) is -1.18. The first kappa shape index (κ1) is 19.3. The molecule has 0 radical (unpaired) electrons. The van der Waals surface area contributed by atoms with Crippen molar-refractivity contribution in [1.82, 2.24) is 0 Å². The van der Waals surface area contributed by atoms with Crippen LogP contribution in [0, 0.1) is 26.7 Å². The maximum Gasteiger partial charge on any atom is 0.335 e. The van der Waals surface area contributed by atoms with Gasteiger partial charge in [0.25, 0.3) is 0 Å². The van der Waals surface area contributed by atoms with Crippen molar-refractivity contribution in [2.24, 2.45) is 10.3 Å². The molecule has 0 bridgehead atoms. The van der Waals surface area contributed by atoms with Crippen molar-refractivity contribution in [3.8, 4) is 0 Å². The van der Waals surface area contributed by atoms with Gasteiger partial charge < -0.3 is 9.29 Å². The number of hydrogen-bond acceptors (Lipinski definition) is 4. The minimum atomic E-state index is -2.58. The highest BCUT2D eigenvalue weighted by Gasteiger charge is 2.38. The molecule has 1 aliphatic carbocycles. The van der Waals surface area contributed by atoms with E-state index in [0.717, 1.165) is 47.3 Å². The molecule has 1 aromatic carbocycles. The fraction of sp³-hybridized carbons (Fsp3) is 0.571. The monoisotopic (exact) mass is 375 g/mol. The lowest BCUT2D eigenvalue weighted by Gasteiger charge is -2.34. The van der Waals surface area contributed by atoms with E-state index in [1.54, 1.807) is 0 Å². The molecular weight excluding hydrogens is 346 g/mol. The van der Waals surface area contributed by atoms with Gasteiger partial charge in [0.1, 0.15) is 16.7 Å². The molecule has 142 valence electrons. The molecule has 3 rings (SSSR count). The Kier molecular flexibility index (Phi) is 5.68. The molecule has 0 spiro atoms. The molecule has 4 nitrogen and oxygen atoms in total. The molecule has 0 aromatic heterocycles. The summed E-state index contributed by atoms with van der Waals surface area (Å²) < 4.78 is 23.8. The zero-order chi connectivity index (χ0) is 18.9. The Labute approximate surface area is 157 Å². The summed E-state index contributed by atoms with van der Waals surface area (Å²) in [5.41, 5.74) is 3.81. The van der Waals surface area contributed by atoms with E-state index in [4.69, 9.17) is 9.10 Å². The van der Waals surface area contributed by atoms with Crippen LogP contribution in [0.4, 0.5) is 0 Å². The van der Waals surface area contributed by atoms with Crippen LogP contribution >= 0.6 is 0 Å². The maximum absolute atomic E-state index is 13.9. The molecule has 5 heteroatoms. The van der Waals surface area contributed by atoms with Gasteiger partial charge in [0.15, 0.2) is 0 Å². The fourth-order valence-corrected chi connectivity index (χ4v) is 7.06. The minimum Gasteiger partial charge on any atom is -0.626 e. The van der Waals surface area contributed by atoms with E-state index in [-0.39, 0.29) is 23.7 Å². The molecule has 1 aliphatic heterocycles. The standard InChI is InChI=1S/C21H29NO3S/c1-14-12-15(2)20(16(3)13-14)26(24)11-10-18(21(23)25-4)19(22-26)17-8-6-5-7-9-17/h10,12-13,17,19H,5-9,11H2,1-4H3/t19-,26?/m0/s1. The summed E-state index contributed by atoms with van der Waals surface area (Å²) in [5.74, 6) is 0.232. The molecule has 1 aromatic rings. The second-order valence-electron chi connectivity index (χ2n) is 7.63. The van der Waals surface area contributed by atoms with Gasteiger partial charge in [-0.05, 0) is 55.7 Å². The van der Waals surface area contributed by atoms with Crippen LogP contribution in [0.3, 0.4) is 0 Å². The van der Waals surface area contributed by atoms with Crippen LogP contribution in [-0.2, 0) is 19.6 Å². The predicted octanol–water partition coefficient (Wildman–Crippen LogP) is 4.50. The first-order chi connectivity index (χ1) is 12.4. The number of aryl methyl sites for hydroxylation is 3. The Morgan fingerprint density at radius 3 is 2.35 bits per heavy atom. The van der Waals surface area contributed by atoms with Crippen molar-refractivity contribution in [3.63, 3.8) is 0 Å². The van der Waals surface area contributed by atoms with Gasteiger partial charge in [-0.15, -0.1) is 4.36 Å². The molecule has 26 heavy (non-hydrogen) atoms. The summed E-state index contributed by atoms with van der Waals surface area (Å²) in [6, 6.07) is 3.82. The highest BCUT2D eigenvalue weighted by molar-refractivity contribution is 8.00. The second kappa shape index (κ2) is 7.65. The van der Waals surface area contributed by atoms with Gasteiger partial charge >= 0.3 is 5.97 Å². The van der Waals surface area contributed by atoms with Crippen LogP contribution in [0.5, 0.6) is 0 Å². The lowest BCUT2D eigenvalue weighted by molar-refractivity contribution is -0.136. The van der Waals surface area contributed by atoms with Gasteiger partial charge in [-0.2, -0.15) is 0 Å². The molecule has 1 saturated carbocycles. The predicted molar refractivity (Wildman–Crippen MR) is 105 cm³/mol. The van der Waals surface area contributed by atoms with Crippen molar-refractivity contribution in [2.75, 3.05) is 12.9 Å². The van der Waals surface area contributed by atoms with Crippen LogP contribution < -0.4 is 0 Å². The Morgan fingerprint density at radius 1 is 1.15 bits per heavy atom. The molecule has 0 amide bonds. The van der Waals surface area contributed by atoms with Gasteiger partial charge in [-0.1, -0.05) is 37.0 Å². The molecule has 1 fully saturated rings. The van der Waals surface area contributed by atoms with Crippen LogP contribution in [0.1, 0.15) is 48.8 Å². The molecular formula is C21H29NO3S. The smallest absolute Gasteiger partial charge is 0.335 e. The third-order valence-electron chi connectivity index (χ3n) is 5.57. The number of methoxy groups -OCH3 is 1. The first-order valence-corrected chi connectivity index (χ1v) is 11.1. The molecule has 2 atom stereocenters. The molecule has 0 saturated heterocycles. The van der Waals surface area contributed by atoms with Crippen LogP contribution in [0.25, 0.3) is 0 Å². The van der Waals surface area contributed by atoms with E-state index in [1.807, 2.05) is 19.9 Å². The largest absolute Gasteiger partial charge is 0.626 e. The number of nitrogens with zero attached hydrogens (tertiary/aromatic N) is 1. The first-order valence-electron chi connectivity index (χ1n) is 9.46. The Balaban J connectivity index is 2.08. The zero-order valence-corrected chi connectivity index (χ0v) is 17.0. The Bertz CT molecular complexity index is 767. The topological polar surface area (TPSA) is 61.7 Å². The average molecular weight is 376 g/mol. The molecule has 2 aliphatic rings. The third kappa shape index (κ3) is 3.65. The summed E-state index contributed by atoms with van der Waals surface area (Å²) in [4.78, 5) is 13.2.